The Morgan fingerprint density at radius 2 is 1.97 bits per heavy atom. The molecular weight excluding hydrogens is 397 g/mol. The van der Waals surface area contributed by atoms with E-state index < -0.39 is 11.7 Å². The van der Waals surface area contributed by atoms with E-state index in [0.717, 1.165) is 41.8 Å². The number of benzene rings is 2. The summed E-state index contributed by atoms with van der Waals surface area (Å²) < 4.78 is 39.5. The zero-order valence-electron chi connectivity index (χ0n) is 15.9. The fraction of sp³-hybridized carbons (Fsp3) is 0.409. The van der Waals surface area contributed by atoms with E-state index in [1.165, 1.54) is 6.07 Å². The molecule has 2 aromatic carbocycles. The summed E-state index contributed by atoms with van der Waals surface area (Å²) in [6.07, 6.45) is -3.30. The standard InChI is InChI=1S/C22H23F3N2OS/c23-22(24,25)17-6-7-19-16(12-17)13-18(20-14-29-11-10-27(19)20)21(28)26-9-8-15-4-2-1-3-5-15/h1-7,12,18,20H,8-11,13-14H2,(H,26,28)/t18-,20-/m1/s1. The average Bonchev–Trinajstić information content (AvgIpc) is 2.72. The summed E-state index contributed by atoms with van der Waals surface area (Å²) in [4.78, 5) is 15.1. The number of anilines is 1. The molecule has 0 saturated carbocycles. The minimum atomic E-state index is -4.38. The van der Waals surface area contributed by atoms with Gasteiger partial charge in [0.05, 0.1) is 11.5 Å². The number of rotatable bonds is 4. The number of carbonyl (C=O) groups is 1. The molecule has 2 aromatic rings. The van der Waals surface area contributed by atoms with E-state index >= 15 is 0 Å². The Hall–Kier alpha value is -2.15. The average molecular weight is 421 g/mol. The van der Waals surface area contributed by atoms with Crippen molar-refractivity contribution < 1.29 is 18.0 Å². The molecular formula is C22H23F3N2OS. The summed E-state index contributed by atoms with van der Waals surface area (Å²) in [5, 5.41) is 3.01. The fourth-order valence-electron chi connectivity index (χ4n) is 4.21. The van der Waals surface area contributed by atoms with E-state index in [1.807, 2.05) is 30.3 Å². The van der Waals surface area contributed by atoms with Crippen LogP contribution < -0.4 is 10.2 Å². The normalized spacial score (nSPS) is 21.3. The number of amides is 1. The van der Waals surface area contributed by atoms with Crippen molar-refractivity contribution in [2.24, 2.45) is 5.92 Å². The number of halogens is 3. The van der Waals surface area contributed by atoms with E-state index in [2.05, 4.69) is 10.2 Å². The molecule has 4 rings (SSSR count). The predicted octanol–water partition coefficient (Wildman–Crippen LogP) is 4.16. The van der Waals surface area contributed by atoms with Gasteiger partial charge in [0, 0.05) is 36.3 Å². The quantitative estimate of drug-likeness (QED) is 0.806. The van der Waals surface area contributed by atoms with Gasteiger partial charge in [-0.2, -0.15) is 24.9 Å². The highest BCUT2D eigenvalue weighted by Crippen LogP contribution is 2.40. The van der Waals surface area contributed by atoms with Crippen LogP contribution >= 0.6 is 11.8 Å². The molecule has 2 aliphatic heterocycles. The molecule has 154 valence electrons. The van der Waals surface area contributed by atoms with Gasteiger partial charge in [-0.05, 0) is 42.2 Å². The smallest absolute Gasteiger partial charge is 0.366 e. The molecule has 3 nitrogen and oxygen atoms in total. The summed E-state index contributed by atoms with van der Waals surface area (Å²) >= 11 is 1.80. The van der Waals surface area contributed by atoms with E-state index in [4.69, 9.17) is 0 Å². The molecule has 29 heavy (non-hydrogen) atoms. The van der Waals surface area contributed by atoms with Gasteiger partial charge >= 0.3 is 6.18 Å². The van der Waals surface area contributed by atoms with Crippen LogP contribution in [0.3, 0.4) is 0 Å². The van der Waals surface area contributed by atoms with Crippen LogP contribution in [0.1, 0.15) is 16.7 Å². The van der Waals surface area contributed by atoms with Crippen molar-refractivity contribution in [3.05, 3.63) is 65.2 Å². The lowest BCUT2D eigenvalue weighted by atomic mass is 9.84. The van der Waals surface area contributed by atoms with Gasteiger partial charge < -0.3 is 10.2 Å². The number of hydrogen-bond donors (Lipinski definition) is 1. The lowest BCUT2D eigenvalue weighted by Crippen LogP contribution is -2.55. The van der Waals surface area contributed by atoms with Crippen LogP contribution in [0.4, 0.5) is 18.9 Å². The van der Waals surface area contributed by atoms with Gasteiger partial charge in [0.25, 0.3) is 0 Å². The van der Waals surface area contributed by atoms with Gasteiger partial charge in [-0.15, -0.1) is 0 Å². The number of carbonyl (C=O) groups excluding carboxylic acids is 1. The third-order valence-corrected chi connectivity index (χ3v) is 6.73. The highest BCUT2D eigenvalue weighted by Gasteiger charge is 2.41. The first-order valence-corrected chi connectivity index (χ1v) is 10.9. The number of thioether (sulfide) groups is 1. The van der Waals surface area contributed by atoms with E-state index in [-0.39, 0.29) is 17.9 Å². The molecule has 1 amide bonds. The lowest BCUT2D eigenvalue weighted by Gasteiger charge is -2.45. The maximum Gasteiger partial charge on any atom is 0.416 e. The largest absolute Gasteiger partial charge is 0.416 e. The first kappa shape index (κ1) is 20.1. The molecule has 1 N–H and O–H groups in total. The Labute approximate surface area is 172 Å². The molecule has 0 bridgehead atoms. The molecule has 0 aromatic heterocycles. The summed E-state index contributed by atoms with van der Waals surface area (Å²) in [5.74, 6) is 1.33. The SMILES string of the molecule is O=C(NCCc1ccccc1)[C@@H]1Cc2cc(C(F)(F)F)ccc2N2CCSC[C@H]12. The Balaban J connectivity index is 1.51. The Kier molecular flexibility index (Phi) is 5.76. The summed E-state index contributed by atoms with van der Waals surface area (Å²) in [5.41, 5.74) is 1.96. The van der Waals surface area contributed by atoms with Gasteiger partial charge in [-0.3, -0.25) is 4.79 Å². The molecule has 2 aliphatic rings. The zero-order valence-corrected chi connectivity index (χ0v) is 16.7. The third kappa shape index (κ3) is 4.39. The van der Waals surface area contributed by atoms with Crippen molar-refractivity contribution >= 4 is 23.4 Å². The first-order chi connectivity index (χ1) is 13.9. The molecule has 7 heteroatoms. The second-order valence-electron chi connectivity index (χ2n) is 7.51. The number of hydrogen-bond acceptors (Lipinski definition) is 3. The van der Waals surface area contributed by atoms with Crippen molar-refractivity contribution in [1.29, 1.82) is 0 Å². The second kappa shape index (κ2) is 8.30. The van der Waals surface area contributed by atoms with Crippen LogP contribution in [0.15, 0.2) is 48.5 Å². The molecule has 1 saturated heterocycles. The van der Waals surface area contributed by atoms with Crippen LogP contribution in [-0.2, 0) is 23.8 Å². The van der Waals surface area contributed by atoms with Crippen LogP contribution in [0.25, 0.3) is 0 Å². The van der Waals surface area contributed by atoms with E-state index in [9.17, 15) is 18.0 Å². The van der Waals surface area contributed by atoms with Crippen LogP contribution in [0, 0.1) is 5.92 Å². The number of nitrogens with zero attached hydrogens (tertiary/aromatic N) is 1. The maximum absolute atomic E-state index is 13.2. The topological polar surface area (TPSA) is 32.3 Å². The Bertz CT molecular complexity index is 872. The molecule has 0 unspecified atom stereocenters. The van der Waals surface area contributed by atoms with Crippen molar-refractivity contribution in [2.45, 2.75) is 25.1 Å². The second-order valence-corrected chi connectivity index (χ2v) is 8.66. The molecule has 1 fully saturated rings. The molecule has 2 atom stereocenters. The predicted molar refractivity (Wildman–Crippen MR) is 110 cm³/mol. The minimum absolute atomic E-state index is 0.0229. The van der Waals surface area contributed by atoms with Gasteiger partial charge in [0.15, 0.2) is 0 Å². The number of nitrogens with one attached hydrogen (secondary N) is 1. The van der Waals surface area contributed by atoms with Crippen molar-refractivity contribution in [3.8, 4) is 0 Å². The zero-order chi connectivity index (χ0) is 20.4. The number of alkyl halides is 3. The Morgan fingerprint density at radius 3 is 2.72 bits per heavy atom. The maximum atomic E-state index is 13.2. The van der Waals surface area contributed by atoms with Crippen LogP contribution in [0.5, 0.6) is 0 Å². The van der Waals surface area contributed by atoms with Gasteiger partial charge in [-0.1, -0.05) is 30.3 Å². The summed E-state index contributed by atoms with van der Waals surface area (Å²) in [6.45, 7) is 1.27. The van der Waals surface area contributed by atoms with Crippen LogP contribution in [-0.4, -0.2) is 36.5 Å². The summed E-state index contributed by atoms with van der Waals surface area (Å²) in [7, 11) is 0. The fourth-order valence-corrected chi connectivity index (χ4v) is 5.35. The molecule has 0 spiro atoms. The third-order valence-electron chi connectivity index (χ3n) is 5.68. The number of fused-ring (bicyclic) bond motifs is 3. The van der Waals surface area contributed by atoms with Gasteiger partial charge in [-0.25, -0.2) is 0 Å². The minimum Gasteiger partial charge on any atom is -0.366 e. The summed E-state index contributed by atoms with van der Waals surface area (Å²) in [6, 6.07) is 13.9. The van der Waals surface area contributed by atoms with Crippen molar-refractivity contribution in [2.75, 3.05) is 29.5 Å². The van der Waals surface area contributed by atoms with E-state index in [1.54, 1.807) is 17.8 Å². The molecule has 2 heterocycles. The van der Waals surface area contributed by atoms with Crippen LogP contribution in [0.2, 0.25) is 0 Å². The highest BCUT2D eigenvalue weighted by atomic mass is 32.2. The van der Waals surface area contributed by atoms with Gasteiger partial charge in [0.2, 0.25) is 5.91 Å². The molecule has 0 aliphatic carbocycles. The first-order valence-electron chi connectivity index (χ1n) is 9.79. The van der Waals surface area contributed by atoms with Gasteiger partial charge in [0.1, 0.15) is 0 Å². The Morgan fingerprint density at radius 1 is 1.17 bits per heavy atom. The highest BCUT2D eigenvalue weighted by molar-refractivity contribution is 7.99. The lowest BCUT2D eigenvalue weighted by molar-refractivity contribution is -0.137. The monoisotopic (exact) mass is 420 g/mol. The van der Waals surface area contributed by atoms with Crippen molar-refractivity contribution in [1.82, 2.24) is 5.32 Å². The van der Waals surface area contributed by atoms with Crippen molar-refractivity contribution in [3.63, 3.8) is 0 Å². The van der Waals surface area contributed by atoms with E-state index in [0.29, 0.717) is 18.5 Å². The molecule has 0 radical (unpaired) electrons.